The van der Waals surface area contributed by atoms with Crippen LogP contribution >= 0.6 is 0 Å². The third-order valence-corrected chi connectivity index (χ3v) is 2.50. The zero-order valence-electron chi connectivity index (χ0n) is 8.29. The van der Waals surface area contributed by atoms with Crippen molar-refractivity contribution in [3.63, 3.8) is 0 Å². The second-order valence-corrected chi connectivity index (χ2v) is 3.47. The lowest BCUT2D eigenvalue weighted by Crippen LogP contribution is -2.23. The van der Waals surface area contributed by atoms with E-state index in [1.807, 2.05) is 19.1 Å². The molecule has 1 aromatic rings. The minimum Gasteiger partial charge on any atom is -0.295 e. The Morgan fingerprint density at radius 3 is 2.79 bits per heavy atom. The molecule has 0 saturated heterocycles. The van der Waals surface area contributed by atoms with Crippen LogP contribution < -0.4 is 10.6 Å². The first-order valence-electron chi connectivity index (χ1n) is 4.49. The first-order chi connectivity index (χ1) is 6.59. The van der Waals surface area contributed by atoms with Crippen molar-refractivity contribution in [2.75, 3.05) is 0 Å². The van der Waals surface area contributed by atoms with Gasteiger partial charge in [-0.3, -0.25) is 4.79 Å². The molecule has 1 aliphatic rings. The van der Waals surface area contributed by atoms with Crippen molar-refractivity contribution >= 4 is 11.4 Å². The Labute approximate surface area is 82.3 Å². The molecule has 0 amide bonds. The normalized spacial score (nSPS) is 13.9. The second-order valence-electron chi connectivity index (χ2n) is 3.47. The van der Waals surface area contributed by atoms with Crippen LogP contribution in [0, 0.1) is 0 Å². The average Bonchev–Trinajstić information content (AvgIpc) is 2.43. The van der Waals surface area contributed by atoms with E-state index in [9.17, 15) is 4.79 Å². The zero-order valence-corrected chi connectivity index (χ0v) is 8.29. The summed E-state index contributed by atoms with van der Waals surface area (Å²) in [5.74, 6) is 0.0816. The summed E-state index contributed by atoms with van der Waals surface area (Å²) in [6.07, 6.45) is 0. The smallest absolute Gasteiger partial charge is 0.159 e. The SMILES string of the molecule is C=C1N=c2ccc(C(C)=O)cc2=C1C. The molecule has 1 heterocycles. The molecule has 0 aliphatic carbocycles. The molecular formula is C12H11NO. The van der Waals surface area contributed by atoms with E-state index in [0.717, 1.165) is 27.4 Å². The molecule has 0 radical (unpaired) electrons. The molecule has 0 unspecified atom stereocenters. The fourth-order valence-electron chi connectivity index (χ4n) is 1.54. The van der Waals surface area contributed by atoms with Crippen LogP contribution in [-0.2, 0) is 0 Å². The number of fused-ring (bicyclic) bond motifs is 1. The van der Waals surface area contributed by atoms with Gasteiger partial charge in [-0.2, -0.15) is 0 Å². The van der Waals surface area contributed by atoms with Crippen LogP contribution in [0.1, 0.15) is 24.2 Å². The molecule has 1 aromatic carbocycles. The number of hydrogen-bond acceptors (Lipinski definition) is 2. The summed E-state index contributed by atoms with van der Waals surface area (Å²) in [5, 5.41) is 1.94. The number of benzene rings is 1. The molecule has 0 atom stereocenters. The molecule has 2 heteroatoms. The third-order valence-electron chi connectivity index (χ3n) is 2.50. The van der Waals surface area contributed by atoms with Gasteiger partial charge in [-0.1, -0.05) is 6.58 Å². The largest absolute Gasteiger partial charge is 0.295 e. The van der Waals surface area contributed by atoms with Crippen molar-refractivity contribution in [1.29, 1.82) is 0 Å². The highest BCUT2D eigenvalue weighted by Crippen LogP contribution is 2.09. The van der Waals surface area contributed by atoms with Gasteiger partial charge in [0.15, 0.2) is 5.78 Å². The third kappa shape index (κ3) is 1.20. The van der Waals surface area contributed by atoms with Gasteiger partial charge >= 0.3 is 0 Å². The van der Waals surface area contributed by atoms with E-state index in [-0.39, 0.29) is 5.78 Å². The fraction of sp³-hybridized carbons (Fsp3) is 0.167. The number of nitrogens with zero attached hydrogens (tertiary/aromatic N) is 1. The lowest BCUT2D eigenvalue weighted by atomic mass is 10.1. The van der Waals surface area contributed by atoms with E-state index >= 15 is 0 Å². The highest BCUT2D eigenvalue weighted by atomic mass is 16.1. The Bertz CT molecular complexity index is 552. The fourth-order valence-corrected chi connectivity index (χ4v) is 1.54. The molecule has 0 N–H and O–H groups in total. The van der Waals surface area contributed by atoms with Crippen molar-refractivity contribution in [3.8, 4) is 0 Å². The molecule has 0 spiro atoms. The maximum absolute atomic E-state index is 11.2. The Balaban J connectivity index is 2.81. The second kappa shape index (κ2) is 2.91. The van der Waals surface area contributed by atoms with E-state index < -0.39 is 0 Å². The van der Waals surface area contributed by atoms with Crippen LogP contribution in [0.4, 0.5) is 0 Å². The molecule has 14 heavy (non-hydrogen) atoms. The van der Waals surface area contributed by atoms with Crippen LogP contribution in [0.5, 0.6) is 0 Å². The Morgan fingerprint density at radius 1 is 1.43 bits per heavy atom. The molecule has 1 aliphatic heterocycles. The molecular weight excluding hydrogens is 174 g/mol. The van der Waals surface area contributed by atoms with Crippen molar-refractivity contribution in [2.45, 2.75) is 13.8 Å². The molecule has 0 saturated carbocycles. The van der Waals surface area contributed by atoms with E-state index in [4.69, 9.17) is 0 Å². The average molecular weight is 185 g/mol. The standard InChI is InChI=1S/C12H11NO/c1-7-8(2)13-12-5-4-10(9(3)14)6-11(7)12/h4-6H,2H2,1,3H3. The Morgan fingerprint density at radius 2 is 2.14 bits per heavy atom. The van der Waals surface area contributed by atoms with Crippen molar-refractivity contribution in [1.82, 2.24) is 0 Å². The lowest BCUT2D eigenvalue weighted by Gasteiger charge is -1.94. The minimum absolute atomic E-state index is 0.0816. The van der Waals surface area contributed by atoms with Crippen molar-refractivity contribution in [2.24, 2.45) is 4.99 Å². The molecule has 0 aromatic heterocycles. The minimum atomic E-state index is 0.0816. The highest BCUT2D eigenvalue weighted by Gasteiger charge is 2.07. The van der Waals surface area contributed by atoms with Gasteiger partial charge < -0.3 is 0 Å². The number of Topliss-reactive ketones (excluding diaryl/α,β-unsaturated/α-hetero) is 1. The van der Waals surface area contributed by atoms with Gasteiger partial charge in [0.25, 0.3) is 0 Å². The first kappa shape index (κ1) is 8.88. The van der Waals surface area contributed by atoms with Crippen LogP contribution in [0.2, 0.25) is 0 Å². The number of carbonyl (C=O) groups is 1. The maximum Gasteiger partial charge on any atom is 0.159 e. The van der Waals surface area contributed by atoms with Crippen LogP contribution in [0.3, 0.4) is 0 Å². The molecule has 0 fully saturated rings. The summed E-state index contributed by atoms with van der Waals surface area (Å²) in [5.41, 5.74) is 2.58. The van der Waals surface area contributed by atoms with Gasteiger partial charge in [-0.05, 0) is 37.6 Å². The summed E-state index contributed by atoms with van der Waals surface area (Å²) >= 11 is 0. The van der Waals surface area contributed by atoms with Crippen LogP contribution in [0.15, 0.2) is 35.5 Å². The van der Waals surface area contributed by atoms with Crippen LogP contribution in [-0.4, -0.2) is 5.78 Å². The van der Waals surface area contributed by atoms with E-state index in [2.05, 4.69) is 11.6 Å². The number of hydrogen-bond donors (Lipinski definition) is 0. The van der Waals surface area contributed by atoms with E-state index in [0.29, 0.717) is 0 Å². The molecule has 0 bridgehead atoms. The summed E-state index contributed by atoms with van der Waals surface area (Å²) in [6, 6.07) is 5.55. The van der Waals surface area contributed by atoms with Gasteiger partial charge in [0.2, 0.25) is 0 Å². The predicted molar refractivity (Wildman–Crippen MR) is 55.4 cm³/mol. The molecule has 2 rings (SSSR count). The van der Waals surface area contributed by atoms with Gasteiger partial charge in [-0.15, -0.1) is 0 Å². The topological polar surface area (TPSA) is 29.4 Å². The van der Waals surface area contributed by atoms with Gasteiger partial charge in [-0.25, -0.2) is 4.99 Å². The van der Waals surface area contributed by atoms with Gasteiger partial charge in [0.1, 0.15) is 0 Å². The van der Waals surface area contributed by atoms with Crippen molar-refractivity contribution in [3.05, 3.63) is 46.6 Å². The monoisotopic (exact) mass is 185 g/mol. The Hall–Kier alpha value is -1.70. The van der Waals surface area contributed by atoms with Crippen molar-refractivity contribution < 1.29 is 4.79 Å². The number of allylic oxidation sites excluding steroid dienone is 1. The van der Waals surface area contributed by atoms with Gasteiger partial charge in [0.05, 0.1) is 11.1 Å². The quantitative estimate of drug-likeness (QED) is 0.605. The Kier molecular flexibility index (Phi) is 1.84. The van der Waals surface area contributed by atoms with Crippen LogP contribution in [0.25, 0.3) is 5.57 Å². The van der Waals surface area contributed by atoms with E-state index in [1.54, 1.807) is 13.0 Å². The summed E-state index contributed by atoms with van der Waals surface area (Å²) in [4.78, 5) is 15.5. The zero-order chi connectivity index (χ0) is 10.3. The summed E-state index contributed by atoms with van der Waals surface area (Å²) in [6.45, 7) is 7.38. The maximum atomic E-state index is 11.2. The number of ketones is 1. The summed E-state index contributed by atoms with van der Waals surface area (Å²) < 4.78 is 0. The van der Waals surface area contributed by atoms with Gasteiger partial charge in [0, 0.05) is 10.8 Å². The summed E-state index contributed by atoms with van der Waals surface area (Å²) in [7, 11) is 0. The first-order valence-corrected chi connectivity index (χ1v) is 4.49. The highest BCUT2D eigenvalue weighted by molar-refractivity contribution is 5.94. The lowest BCUT2D eigenvalue weighted by molar-refractivity contribution is 0.101. The number of rotatable bonds is 1. The molecule has 70 valence electrons. The number of carbonyl (C=O) groups excluding carboxylic acids is 1. The predicted octanol–water partition coefficient (Wildman–Crippen LogP) is 1.21. The van der Waals surface area contributed by atoms with E-state index in [1.165, 1.54) is 0 Å². The molecule has 2 nitrogen and oxygen atoms in total.